The lowest BCUT2D eigenvalue weighted by Gasteiger charge is -2.44. The summed E-state index contributed by atoms with van der Waals surface area (Å²) in [4.78, 5) is 0. The Labute approximate surface area is 337 Å². The Balaban J connectivity index is 0.994. The van der Waals surface area contributed by atoms with Crippen LogP contribution in [0.25, 0.3) is 77.3 Å². The van der Waals surface area contributed by atoms with E-state index >= 15 is 0 Å². The van der Waals surface area contributed by atoms with Gasteiger partial charge in [-0.2, -0.15) is 0 Å². The van der Waals surface area contributed by atoms with Crippen LogP contribution in [-0.2, 0) is 0 Å². The maximum Gasteiger partial charge on any atom is 0.140 e. The van der Waals surface area contributed by atoms with Crippen LogP contribution in [0.2, 0.25) is 0 Å². The zero-order chi connectivity index (χ0) is 38.6. The second-order valence-corrected chi connectivity index (χ2v) is 15.6. The minimum atomic E-state index is -0.155. The first-order valence-electron chi connectivity index (χ1n) is 20.4. The summed E-state index contributed by atoms with van der Waals surface area (Å²) in [5.41, 5.74) is 14.5. The highest BCUT2D eigenvalue weighted by molar-refractivity contribution is 6.07. The minimum absolute atomic E-state index is 0.00698. The van der Waals surface area contributed by atoms with Crippen LogP contribution in [0, 0.1) is 5.92 Å². The van der Waals surface area contributed by atoms with Crippen molar-refractivity contribution in [3.8, 4) is 33.4 Å². The predicted octanol–water partition coefficient (Wildman–Crippen LogP) is 14.2. The molecule has 4 nitrogen and oxygen atoms in total. The molecule has 1 fully saturated rings. The Bertz CT molecular complexity index is 3070. The molecule has 2 aromatic heterocycles. The number of benzene rings is 8. The van der Waals surface area contributed by atoms with Crippen LogP contribution in [-0.4, -0.2) is 0 Å². The molecule has 1 aliphatic heterocycles. The van der Waals surface area contributed by atoms with E-state index in [0.717, 1.165) is 55.9 Å². The van der Waals surface area contributed by atoms with E-state index in [4.69, 9.17) is 8.83 Å². The third-order valence-electron chi connectivity index (χ3n) is 12.3. The molecule has 0 radical (unpaired) electrons. The Hall–Kier alpha value is -6.72. The van der Waals surface area contributed by atoms with Gasteiger partial charge in [-0.15, -0.1) is 0 Å². The van der Waals surface area contributed by atoms with Gasteiger partial charge >= 0.3 is 0 Å². The van der Waals surface area contributed by atoms with Crippen LogP contribution < -0.4 is 10.6 Å². The second-order valence-electron chi connectivity index (χ2n) is 15.6. The van der Waals surface area contributed by atoms with Crippen molar-refractivity contribution in [2.75, 3.05) is 0 Å². The molecule has 11 rings (SSSR count). The molecule has 0 amide bonds. The fourth-order valence-corrected chi connectivity index (χ4v) is 9.36. The smallest absolute Gasteiger partial charge is 0.140 e. The van der Waals surface area contributed by atoms with Gasteiger partial charge in [0.05, 0.1) is 6.17 Å². The van der Waals surface area contributed by atoms with Gasteiger partial charge in [-0.25, -0.2) is 0 Å². The molecule has 3 heterocycles. The van der Waals surface area contributed by atoms with Gasteiger partial charge in [0.1, 0.15) is 22.3 Å². The highest BCUT2D eigenvalue weighted by Crippen LogP contribution is 2.45. The summed E-state index contributed by atoms with van der Waals surface area (Å²) in [6, 6.07) is 67.4. The first-order chi connectivity index (χ1) is 28.7. The number of furan rings is 2. The number of rotatable bonds is 7. The van der Waals surface area contributed by atoms with Crippen molar-refractivity contribution in [2.24, 2.45) is 5.92 Å². The number of hydrogen-bond acceptors (Lipinski definition) is 4. The molecule has 0 aliphatic carbocycles. The molecule has 4 unspecified atom stereocenters. The highest BCUT2D eigenvalue weighted by Gasteiger charge is 2.39. The van der Waals surface area contributed by atoms with Crippen LogP contribution in [0.15, 0.2) is 197 Å². The number of para-hydroxylation sites is 2. The molecule has 1 aliphatic rings. The topological polar surface area (TPSA) is 50.3 Å². The zero-order valence-electron chi connectivity index (χ0n) is 32.2. The number of nitrogens with one attached hydrogen (secondary N) is 2. The van der Waals surface area contributed by atoms with Crippen molar-refractivity contribution in [3.05, 3.63) is 205 Å². The number of fused-ring (bicyclic) bond motifs is 6. The normalized spacial score (nSPS) is 18.4. The summed E-state index contributed by atoms with van der Waals surface area (Å²) < 4.78 is 13.2. The maximum absolute atomic E-state index is 6.68. The van der Waals surface area contributed by atoms with Gasteiger partial charge < -0.3 is 8.83 Å². The second kappa shape index (κ2) is 14.3. The van der Waals surface area contributed by atoms with Gasteiger partial charge in [0.25, 0.3) is 0 Å². The molecule has 0 saturated carbocycles. The van der Waals surface area contributed by atoms with E-state index in [-0.39, 0.29) is 24.2 Å². The van der Waals surface area contributed by atoms with E-state index in [1.165, 1.54) is 44.5 Å². The first kappa shape index (κ1) is 34.5. The molecule has 0 spiro atoms. The molecule has 1 saturated heterocycles. The quantitative estimate of drug-likeness (QED) is 0.170. The van der Waals surface area contributed by atoms with Crippen molar-refractivity contribution in [1.29, 1.82) is 0 Å². The van der Waals surface area contributed by atoms with Gasteiger partial charge in [0.15, 0.2) is 0 Å². The van der Waals surface area contributed by atoms with Gasteiger partial charge in [-0.1, -0.05) is 165 Å². The molecule has 0 bridgehead atoms. The Morgan fingerprint density at radius 1 is 0.397 bits per heavy atom. The van der Waals surface area contributed by atoms with E-state index in [0.29, 0.717) is 0 Å². The SMILES string of the molecule is CCC1C(c2ccc(-c3cccc(-c4ccccc4)c3)cc2)NC(c2ccc3c(c2)oc2ccc(-c4ccccc4)cc23)NC1c1cccc2c1oc1ccccc12. The van der Waals surface area contributed by atoms with Crippen molar-refractivity contribution in [1.82, 2.24) is 10.6 Å². The largest absolute Gasteiger partial charge is 0.456 e. The zero-order valence-corrected chi connectivity index (χ0v) is 32.2. The molecular weight excluding hydrogens is 709 g/mol. The van der Waals surface area contributed by atoms with Gasteiger partial charge in [0.2, 0.25) is 0 Å². The minimum Gasteiger partial charge on any atom is -0.456 e. The standard InChI is InChI=1S/C54H42N2O2/c1-2-42-51(37-25-23-36(24-26-37)39-18-11-17-38(31-39)34-13-5-3-6-14-34)55-54(56-52(42)46-21-12-20-45-43-19-9-10-22-48(43)58-53(45)46)41-27-29-44-47-32-40(35-15-7-4-8-16-35)28-30-49(47)57-50(44)33-41/h3-33,42,51-52,54-56H,2H2,1H3. The summed E-state index contributed by atoms with van der Waals surface area (Å²) >= 11 is 0. The summed E-state index contributed by atoms with van der Waals surface area (Å²) in [5, 5.41) is 12.7. The summed E-state index contributed by atoms with van der Waals surface area (Å²) in [5.74, 6) is 0.230. The van der Waals surface area contributed by atoms with Gasteiger partial charge in [-0.05, 0) is 87.2 Å². The monoisotopic (exact) mass is 750 g/mol. The summed E-state index contributed by atoms with van der Waals surface area (Å²) in [7, 11) is 0. The molecule has 4 heteroatoms. The van der Waals surface area contributed by atoms with E-state index in [1.54, 1.807) is 0 Å². The highest BCUT2D eigenvalue weighted by atomic mass is 16.3. The van der Waals surface area contributed by atoms with Crippen molar-refractivity contribution in [3.63, 3.8) is 0 Å². The third kappa shape index (κ3) is 6.01. The fourth-order valence-electron chi connectivity index (χ4n) is 9.36. The van der Waals surface area contributed by atoms with Crippen molar-refractivity contribution < 1.29 is 8.83 Å². The first-order valence-corrected chi connectivity index (χ1v) is 20.4. The van der Waals surface area contributed by atoms with Crippen LogP contribution in [0.3, 0.4) is 0 Å². The van der Waals surface area contributed by atoms with E-state index in [2.05, 4.69) is 200 Å². The molecule has 4 atom stereocenters. The summed E-state index contributed by atoms with van der Waals surface area (Å²) in [6.07, 6.45) is 0.809. The van der Waals surface area contributed by atoms with E-state index in [1.807, 2.05) is 6.07 Å². The van der Waals surface area contributed by atoms with Crippen molar-refractivity contribution >= 4 is 43.9 Å². The van der Waals surface area contributed by atoms with Crippen LogP contribution in [0.5, 0.6) is 0 Å². The van der Waals surface area contributed by atoms with Crippen LogP contribution in [0.4, 0.5) is 0 Å². The lowest BCUT2D eigenvalue weighted by molar-refractivity contribution is 0.156. The molecule has 58 heavy (non-hydrogen) atoms. The summed E-state index contributed by atoms with van der Waals surface area (Å²) in [6.45, 7) is 2.31. The molecule has 10 aromatic rings. The molecular formula is C54H42N2O2. The molecule has 280 valence electrons. The lowest BCUT2D eigenvalue weighted by atomic mass is 9.78. The van der Waals surface area contributed by atoms with Crippen LogP contribution >= 0.6 is 0 Å². The van der Waals surface area contributed by atoms with E-state index < -0.39 is 0 Å². The third-order valence-corrected chi connectivity index (χ3v) is 12.3. The fraction of sp³-hybridized carbons (Fsp3) is 0.111. The predicted molar refractivity (Wildman–Crippen MR) is 238 cm³/mol. The molecule has 2 N–H and O–H groups in total. The van der Waals surface area contributed by atoms with Gasteiger partial charge in [-0.3, -0.25) is 10.6 Å². The number of hydrogen-bond donors (Lipinski definition) is 2. The Morgan fingerprint density at radius 3 is 1.72 bits per heavy atom. The van der Waals surface area contributed by atoms with Gasteiger partial charge in [0, 0.05) is 39.2 Å². The average Bonchev–Trinajstić information content (AvgIpc) is 3.87. The lowest BCUT2D eigenvalue weighted by Crippen LogP contribution is -2.50. The molecule has 8 aromatic carbocycles. The van der Waals surface area contributed by atoms with Crippen LogP contribution in [0.1, 0.15) is 48.3 Å². The average molecular weight is 751 g/mol. The van der Waals surface area contributed by atoms with Crippen molar-refractivity contribution in [2.45, 2.75) is 31.6 Å². The van der Waals surface area contributed by atoms with E-state index in [9.17, 15) is 0 Å². The Kier molecular flexibility index (Phi) is 8.53. The Morgan fingerprint density at radius 2 is 0.966 bits per heavy atom. The maximum atomic E-state index is 6.68.